The Balaban J connectivity index is 2.21. The third kappa shape index (κ3) is 2.85. The second-order valence-corrected chi connectivity index (χ2v) is 3.98. The lowest BCUT2D eigenvalue weighted by atomic mass is 10.3. The van der Waals surface area contributed by atoms with Crippen LogP contribution >= 0.6 is 0 Å². The first kappa shape index (κ1) is 9.10. The van der Waals surface area contributed by atoms with Crippen molar-refractivity contribution in [2.24, 2.45) is 0 Å². The first-order valence-electron chi connectivity index (χ1n) is 3.94. The Bertz CT molecular complexity index is 121. The Morgan fingerprint density at radius 3 is 2.55 bits per heavy atom. The molecule has 0 amide bonds. The molecule has 0 radical (unpaired) electrons. The molecule has 1 rings (SSSR count). The van der Waals surface area contributed by atoms with Gasteiger partial charge in [-0.3, -0.25) is 0 Å². The predicted octanol–water partition coefficient (Wildman–Crippen LogP) is 2.18. The van der Waals surface area contributed by atoms with E-state index in [0.717, 1.165) is 0 Å². The lowest BCUT2D eigenvalue weighted by Gasteiger charge is -2.03. The Hall–Kier alpha value is 0.01000. The van der Waals surface area contributed by atoms with Gasteiger partial charge < -0.3 is 0 Å². The van der Waals surface area contributed by atoms with E-state index in [1.807, 2.05) is 0 Å². The van der Waals surface area contributed by atoms with Crippen LogP contribution in [0.15, 0.2) is 12.0 Å². The smallest absolute Gasteiger partial charge is 0.139 e. The summed E-state index contributed by atoms with van der Waals surface area (Å²) in [7, 11) is 1.65. The number of hydrogen-bond acceptors (Lipinski definition) is 2. The van der Waals surface area contributed by atoms with Gasteiger partial charge >= 0.3 is 11.5 Å². The van der Waals surface area contributed by atoms with E-state index < -0.39 is 11.5 Å². The van der Waals surface area contributed by atoms with Crippen LogP contribution in [-0.2, 0) is 19.8 Å². The summed E-state index contributed by atoms with van der Waals surface area (Å²) in [6.07, 6.45) is 5.36. The molecule has 3 heteroatoms. The second-order valence-electron chi connectivity index (χ2n) is 2.60. The fraction of sp³-hybridized carbons (Fsp3) is 0.750. The molecule has 64 valence electrons. The van der Waals surface area contributed by atoms with Gasteiger partial charge in [0.05, 0.1) is 7.11 Å². The highest BCUT2D eigenvalue weighted by Gasteiger charge is 2.26. The Morgan fingerprint density at radius 2 is 2.09 bits per heavy atom. The zero-order chi connectivity index (χ0) is 8.10. The van der Waals surface area contributed by atoms with E-state index in [-0.39, 0.29) is 0 Å². The Morgan fingerprint density at radius 1 is 1.45 bits per heavy atom. The molecule has 11 heavy (non-hydrogen) atoms. The van der Waals surface area contributed by atoms with E-state index in [0.29, 0.717) is 6.10 Å². The summed E-state index contributed by atoms with van der Waals surface area (Å²) in [6.45, 7) is 3.64. The van der Waals surface area contributed by atoms with Crippen LogP contribution < -0.4 is 0 Å². The summed E-state index contributed by atoms with van der Waals surface area (Å²) in [6, 6.07) is 0. The maximum absolute atomic E-state index is 5.60. The van der Waals surface area contributed by atoms with Gasteiger partial charge in [-0.2, -0.15) is 0 Å². The van der Waals surface area contributed by atoms with Gasteiger partial charge in [-0.1, -0.05) is 12.8 Å². The minimum Gasteiger partial charge on any atom is -0.139 e. The van der Waals surface area contributed by atoms with Gasteiger partial charge in [0.15, 0.2) is 5.41 Å². The third-order valence-corrected chi connectivity index (χ3v) is 2.90. The lowest BCUT2D eigenvalue weighted by Crippen LogP contribution is -2.14. The fourth-order valence-electron chi connectivity index (χ4n) is 1.27. The van der Waals surface area contributed by atoms with Gasteiger partial charge in [0.25, 0.3) is 0 Å². The molecule has 1 unspecified atom stereocenters. The molecule has 1 aliphatic rings. The molecule has 1 saturated carbocycles. The van der Waals surface area contributed by atoms with Crippen LogP contribution in [-0.4, -0.2) is 13.2 Å². The molecule has 0 saturated heterocycles. The third-order valence-electron chi connectivity index (χ3n) is 1.83. The topological polar surface area (TPSA) is 18.5 Å². The van der Waals surface area contributed by atoms with Crippen molar-refractivity contribution < 1.29 is 8.37 Å². The summed E-state index contributed by atoms with van der Waals surface area (Å²) >= 11 is -0.464. The van der Waals surface area contributed by atoms with Crippen molar-refractivity contribution in [3.8, 4) is 0 Å². The second kappa shape index (κ2) is 4.80. The molecule has 0 aliphatic heterocycles. The molecule has 0 N–H and O–H groups in total. The molecule has 0 aromatic rings. The van der Waals surface area contributed by atoms with Gasteiger partial charge in [-0.05, 0) is 19.4 Å². The minimum atomic E-state index is -0.464. The van der Waals surface area contributed by atoms with E-state index >= 15 is 0 Å². The van der Waals surface area contributed by atoms with Crippen molar-refractivity contribution in [2.75, 3.05) is 7.11 Å². The fourth-order valence-corrected chi connectivity index (χ4v) is 2.02. The van der Waals surface area contributed by atoms with Crippen LogP contribution in [0.5, 0.6) is 0 Å². The van der Waals surface area contributed by atoms with E-state index in [4.69, 9.17) is 8.37 Å². The first-order chi connectivity index (χ1) is 5.36. The first-order valence-corrected chi connectivity index (χ1v) is 5.08. The van der Waals surface area contributed by atoms with Crippen LogP contribution in [0.3, 0.4) is 0 Å². The summed E-state index contributed by atoms with van der Waals surface area (Å²) in [4.78, 5) is 0. The summed E-state index contributed by atoms with van der Waals surface area (Å²) in [5.74, 6) is 0. The van der Waals surface area contributed by atoms with Gasteiger partial charge in [-0.25, -0.2) is 0 Å². The van der Waals surface area contributed by atoms with Crippen LogP contribution in [0.1, 0.15) is 25.7 Å². The lowest BCUT2D eigenvalue weighted by molar-refractivity contribution is 0.214. The highest BCUT2D eigenvalue weighted by Crippen LogP contribution is 2.23. The number of rotatable bonds is 4. The van der Waals surface area contributed by atoms with Crippen molar-refractivity contribution in [1.82, 2.24) is 0 Å². The van der Waals surface area contributed by atoms with Crippen molar-refractivity contribution in [3.05, 3.63) is 12.0 Å². The van der Waals surface area contributed by atoms with Crippen molar-refractivity contribution in [1.29, 1.82) is 0 Å². The molecule has 0 heterocycles. The van der Waals surface area contributed by atoms with Crippen molar-refractivity contribution >= 4 is 11.5 Å². The standard InChI is InChI=1S/C8H15O2S/c1-3-11(9-2)10-8-6-4-5-7-8/h3,8H,1,4-7H2,2H3/q+1. The van der Waals surface area contributed by atoms with Gasteiger partial charge in [0.1, 0.15) is 6.10 Å². The van der Waals surface area contributed by atoms with Gasteiger partial charge in [0, 0.05) is 0 Å². The van der Waals surface area contributed by atoms with E-state index in [1.165, 1.54) is 25.7 Å². The molecule has 1 atom stereocenters. The Kier molecular flexibility index (Phi) is 3.97. The normalized spacial score (nSPS) is 21.9. The maximum Gasteiger partial charge on any atom is 0.347 e. The summed E-state index contributed by atoms with van der Waals surface area (Å²) < 4.78 is 10.6. The molecule has 1 fully saturated rings. The maximum atomic E-state index is 5.60. The summed E-state index contributed by atoms with van der Waals surface area (Å²) in [5.41, 5.74) is 0. The average molecular weight is 175 g/mol. The summed E-state index contributed by atoms with van der Waals surface area (Å²) in [5, 5.41) is 1.72. The molecule has 0 spiro atoms. The Labute approximate surface area is 71.3 Å². The van der Waals surface area contributed by atoms with Gasteiger partial charge in [0.2, 0.25) is 0 Å². The monoisotopic (exact) mass is 175 g/mol. The van der Waals surface area contributed by atoms with Crippen LogP contribution in [0.25, 0.3) is 0 Å². The molecular weight excluding hydrogens is 160 g/mol. The van der Waals surface area contributed by atoms with E-state index in [2.05, 4.69) is 6.58 Å². The largest absolute Gasteiger partial charge is 0.347 e. The zero-order valence-electron chi connectivity index (χ0n) is 6.91. The number of hydrogen-bond donors (Lipinski definition) is 0. The van der Waals surface area contributed by atoms with Crippen LogP contribution in [0.4, 0.5) is 0 Å². The average Bonchev–Trinajstić information content (AvgIpc) is 2.52. The molecule has 2 nitrogen and oxygen atoms in total. The highest BCUT2D eigenvalue weighted by atomic mass is 32.2. The van der Waals surface area contributed by atoms with Crippen molar-refractivity contribution in [3.63, 3.8) is 0 Å². The molecule has 0 aromatic carbocycles. The van der Waals surface area contributed by atoms with Crippen molar-refractivity contribution in [2.45, 2.75) is 31.8 Å². The molecule has 1 aliphatic carbocycles. The molecule has 0 aromatic heterocycles. The van der Waals surface area contributed by atoms with Gasteiger partial charge in [-0.15, -0.1) is 8.37 Å². The predicted molar refractivity (Wildman–Crippen MR) is 47.9 cm³/mol. The highest BCUT2D eigenvalue weighted by molar-refractivity contribution is 7.90. The molecular formula is C8H15O2S+. The zero-order valence-corrected chi connectivity index (χ0v) is 7.73. The van der Waals surface area contributed by atoms with Crippen LogP contribution in [0.2, 0.25) is 0 Å². The van der Waals surface area contributed by atoms with Crippen LogP contribution in [0, 0.1) is 0 Å². The minimum absolute atomic E-state index is 0.413. The molecule has 0 bridgehead atoms. The SMILES string of the molecule is C=C[S+](OC)OC1CCCC1. The van der Waals surface area contributed by atoms with E-state index in [9.17, 15) is 0 Å². The van der Waals surface area contributed by atoms with E-state index in [1.54, 1.807) is 12.5 Å². The quantitative estimate of drug-likeness (QED) is 0.610.